The van der Waals surface area contributed by atoms with E-state index in [0.717, 1.165) is 12.1 Å². The number of hydrogen-bond acceptors (Lipinski definition) is 5. The van der Waals surface area contributed by atoms with E-state index in [0.29, 0.717) is 25.0 Å². The number of carboxylic acid groups (broad SMARTS) is 1. The molecule has 182 valence electrons. The molecule has 0 unspecified atom stereocenters. The monoisotopic (exact) mass is 496 g/mol. The van der Waals surface area contributed by atoms with Crippen molar-refractivity contribution >= 4 is 15.9 Å². The molecular formula is C23H23F3N2O5S. The molecule has 4 rings (SSSR count). The number of nitrogens with one attached hydrogen (secondary N) is 1. The van der Waals surface area contributed by atoms with Crippen LogP contribution in [0, 0.1) is 11.3 Å². The van der Waals surface area contributed by atoms with Gasteiger partial charge in [-0.05, 0) is 49.9 Å². The summed E-state index contributed by atoms with van der Waals surface area (Å²) in [4.78, 5) is 9.31. The Morgan fingerprint density at radius 3 is 2.24 bits per heavy atom. The van der Waals surface area contributed by atoms with Gasteiger partial charge in [-0.15, -0.1) is 0 Å². The topological polar surface area (TPSA) is 116 Å². The highest BCUT2D eigenvalue weighted by atomic mass is 32.2. The third-order valence-electron chi connectivity index (χ3n) is 5.63. The minimum Gasteiger partial charge on any atom is -0.490 e. The van der Waals surface area contributed by atoms with Crippen molar-refractivity contribution in [1.82, 2.24) is 5.32 Å². The van der Waals surface area contributed by atoms with Crippen LogP contribution in [0.25, 0.3) is 0 Å². The average Bonchev–Trinajstić information content (AvgIpc) is 3.39. The van der Waals surface area contributed by atoms with Crippen LogP contribution in [0.1, 0.15) is 37.7 Å². The maximum Gasteiger partial charge on any atom is 0.417 e. The molecule has 0 saturated heterocycles. The molecule has 0 radical (unpaired) electrons. The highest BCUT2D eigenvalue weighted by Crippen LogP contribution is 2.39. The van der Waals surface area contributed by atoms with E-state index >= 15 is 0 Å². The molecule has 11 heteroatoms. The van der Waals surface area contributed by atoms with Crippen LogP contribution in [0.4, 0.5) is 18.0 Å². The molecule has 2 aromatic rings. The van der Waals surface area contributed by atoms with Crippen molar-refractivity contribution in [3.05, 3.63) is 60.2 Å². The second kappa shape index (κ2) is 9.93. The number of alkyl halides is 3. The lowest BCUT2D eigenvalue weighted by molar-refractivity contribution is -0.139. The van der Waals surface area contributed by atoms with Crippen LogP contribution >= 0.6 is 0 Å². The Balaban J connectivity index is 0.000000302. The fraction of sp³-hybridized carbons (Fsp3) is 0.391. The van der Waals surface area contributed by atoms with E-state index in [1.807, 2.05) is 12.1 Å². The van der Waals surface area contributed by atoms with E-state index in [1.165, 1.54) is 12.1 Å². The first-order valence-electron chi connectivity index (χ1n) is 10.5. The van der Waals surface area contributed by atoms with E-state index < -0.39 is 43.4 Å². The van der Waals surface area contributed by atoms with Gasteiger partial charge in [-0.1, -0.05) is 30.3 Å². The number of carbonyl (C=O) groups is 1. The van der Waals surface area contributed by atoms with Gasteiger partial charge in [0.2, 0.25) is 0 Å². The van der Waals surface area contributed by atoms with Gasteiger partial charge in [0.1, 0.15) is 11.3 Å². The molecule has 2 fully saturated rings. The lowest BCUT2D eigenvalue weighted by atomic mass is 10.2. The van der Waals surface area contributed by atoms with Crippen LogP contribution in [0.5, 0.6) is 5.75 Å². The van der Waals surface area contributed by atoms with Crippen LogP contribution in [-0.4, -0.2) is 36.5 Å². The number of rotatable bonds is 5. The van der Waals surface area contributed by atoms with Crippen molar-refractivity contribution in [1.29, 1.82) is 5.26 Å². The molecule has 0 heterocycles. The zero-order valence-electron chi connectivity index (χ0n) is 18.0. The van der Waals surface area contributed by atoms with Gasteiger partial charge in [0.05, 0.1) is 27.9 Å². The molecule has 2 N–H and O–H groups in total. The highest BCUT2D eigenvalue weighted by molar-refractivity contribution is 7.92. The SMILES string of the molecule is N#CC1(NC(=O)O)CC1.O=S(=O)(c1ccccc1C(F)(F)F)[C@H]1CC[C@H](Oc2ccccc2)C1. The molecule has 7 nitrogen and oxygen atoms in total. The van der Waals surface area contributed by atoms with Crippen LogP contribution in [-0.2, 0) is 16.0 Å². The van der Waals surface area contributed by atoms with Crippen molar-refractivity contribution in [3.8, 4) is 11.8 Å². The maximum atomic E-state index is 13.1. The summed E-state index contributed by atoms with van der Waals surface area (Å²) in [6.45, 7) is 0. The van der Waals surface area contributed by atoms with Crippen molar-refractivity contribution in [2.45, 2.75) is 60.1 Å². The zero-order chi connectivity index (χ0) is 25.0. The number of para-hydroxylation sites is 1. The Bertz CT molecular complexity index is 1160. The molecule has 0 spiro atoms. The second-order valence-corrected chi connectivity index (χ2v) is 10.3. The summed E-state index contributed by atoms with van der Waals surface area (Å²) >= 11 is 0. The molecule has 2 atom stereocenters. The Labute approximate surface area is 195 Å². The summed E-state index contributed by atoms with van der Waals surface area (Å²) in [6.07, 6.45) is -3.88. The molecule has 0 aliphatic heterocycles. The number of benzene rings is 2. The quantitative estimate of drug-likeness (QED) is 0.615. The number of halogens is 3. The van der Waals surface area contributed by atoms with E-state index in [2.05, 4.69) is 5.32 Å². The van der Waals surface area contributed by atoms with Gasteiger partial charge in [0, 0.05) is 6.42 Å². The summed E-state index contributed by atoms with van der Waals surface area (Å²) in [5, 5.41) is 17.8. The third kappa shape index (κ3) is 6.20. The number of sulfone groups is 1. The Kier molecular flexibility index (Phi) is 7.41. The minimum absolute atomic E-state index is 0.184. The minimum atomic E-state index is -4.71. The lowest BCUT2D eigenvalue weighted by Gasteiger charge is -2.17. The predicted molar refractivity (Wildman–Crippen MR) is 116 cm³/mol. The van der Waals surface area contributed by atoms with Crippen LogP contribution in [0.15, 0.2) is 59.5 Å². The molecule has 34 heavy (non-hydrogen) atoms. The van der Waals surface area contributed by atoms with Gasteiger partial charge < -0.3 is 15.2 Å². The van der Waals surface area contributed by atoms with Crippen molar-refractivity contribution in [3.63, 3.8) is 0 Å². The average molecular weight is 497 g/mol. The van der Waals surface area contributed by atoms with E-state index in [4.69, 9.17) is 15.1 Å². The maximum absolute atomic E-state index is 13.1. The number of ether oxygens (including phenoxy) is 1. The van der Waals surface area contributed by atoms with Crippen molar-refractivity contribution in [2.75, 3.05) is 0 Å². The summed E-state index contributed by atoms with van der Waals surface area (Å²) in [7, 11) is -4.08. The third-order valence-corrected chi connectivity index (χ3v) is 7.91. The molecular weight excluding hydrogens is 473 g/mol. The fourth-order valence-electron chi connectivity index (χ4n) is 3.70. The summed E-state index contributed by atoms with van der Waals surface area (Å²) < 4.78 is 70.7. The molecule has 1 amide bonds. The second-order valence-electron chi connectivity index (χ2n) is 8.15. The van der Waals surface area contributed by atoms with Gasteiger partial charge in [0.15, 0.2) is 9.84 Å². The van der Waals surface area contributed by atoms with E-state index in [9.17, 15) is 26.4 Å². The van der Waals surface area contributed by atoms with E-state index in [1.54, 1.807) is 24.3 Å². The van der Waals surface area contributed by atoms with Crippen molar-refractivity contribution in [2.24, 2.45) is 0 Å². The van der Waals surface area contributed by atoms with Gasteiger partial charge >= 0.3 is 12.3 Å². The fourth-order valence-corrected chi connectivity index (χ4v) is 5.74. The lowest BCUT2D eigenvalue weighted by Crippen LogP contribution is -2.33. The molecule has 2 saturated carbocycles. The summed E-state index contributed by atoms with van der Waals surface area (Å²) in [5.74, 6) is 0.626. The number of nitrogens with zero attached hydrogens (tertiary/aromatic N) is 1. The zero-order valence-corrected chi connectivity index (χ0v) is 18.8. The van der Waals surface area contributed by atoms with Gasteiger partial charge in [0.25, 0.3) is 0 Å². The van der Waals surface area contributed by atoms with Crippen LogP contribution in [0.3, 0.4) is 0 Å². The molecule has 2 aromatic carbocycles. The largest absolute Gasteiger partial charge is 0.490 e. The summed E-state index contributed by atoms with van der Waals surface area (Å²) in [5.41, 5.74) is -1.84. The van der Waals surface area contributed by atoms with E-state index in [-0.39, 0.29) is 18.9 Å². The smallest absolute Gasteiger partial charge is 0.417 e. The van der Waals surface area contributed by atoms with Gasteiger partial charge in [-0.25, -0.2) is 13.2 Å². The normalized spacial score (nSPS) is 20.9. The predicted octanol–water partition coefficient (Wildman–Crippen LogP) is 4.79. The van der Waals surface area contributed by atoms with Crippen molar-refractivity contribution < 1.29 is 36.2 Å². The van der Waals surface area contributed by atoms with Gasteiger partial charge in [-0.3, -0.25) is 0 Å². The first kappa shape index (κ1) is 25.4. The first-order chi connectivity index (χ1) is 16.0. The number of amides is 1. The summed E-state index contributed by atoms with van der Waals surface area (Å²) in [6, 6.07) is 15.2. The Morgan fingerprint density at radius 1 is 1.09 bits per heavy atom. The standard InChI is InChI=1S/C18H17F3O3S.C5H6N2O2/c19-18(20,21)16-8-4-5-9-17(16)25(22,23)15-11-10-14(12-15)24-13-6-2-1-3-7-13;6-3-5(1-2-5)7-4(8)9/h1-9,14-15H,10-12H2;7H,1-2H2,(H,8,9)/t14-,15-;/m0./s1. The first-order valence-corrected chi connectivity index (χ1v) is 12.1. The van der Waals surface area contributed by atoms with Crippen LogP contribution in [0.2, 0.25) is 0 Å². The molecule has 0 aromatic heterocycles. The number of hydrogen-bond donors (Lipinski definition) is 2. The molecule has 2 aliphatic carbocycles. The molecule has 2 aliphatic rings. The number of nitriles is 1. The van der Waals surface area contributed by atoms with Gasteiger partial charge in [-0.2, -0.15) is 18.4 Å². The Morgan fingerprint density at radius 2 is 1.71 bits per heavy atom. The Hall–Kier alpha value is -3.26. The molecule has 0 bridgehead atoms. The van der Waals surface area contributed by atoms with Crippen LogP contribution < -0.4 is 10.1 Å². The highest BCUT2D eigenvalue weighted by Gasteiger charge is 2.45.